The van der Waals surface area contributed by atoms with Crippen molar-refractivity contribution in [3.8, 4) is 5.75 Å². The van der Waals surface area contributed by atoms with Crippen molar-refractivity contribution in [1.29, 1.82) is 0 Å². The number of carbonyl (C=O) groups is 1. The van der Waals surface area contributed by atoms with Crippen molar-refractivity contribution in [3.05, 3.63) is 23.8 Å². The number of ketones is 1. The first kappa shape index (κ1) is 14.5. The van der Waals surface area contributed by atoms with Crippen LogP contribution in [-0.2, 0) is 4.74 Å². The van der Waals surface area contributed by atoms with Gasteiger partial charge in [0.25, 0.3) is 0 Å². The van der Waals surface area contributed by atoms with E-state index in [-0.39, 0.29) is 5.78 Å². The summed E-state index contributed by atoms with van der Waals surface area (Å²) in [5.41, 5.74) is 6.73. The molecule has 1 aromatic rings. The Hall–Kier alpha value is -1.55. The molecule has 0 atom stereocenters. The van der Waals surface area contributed by atoms with Gasteiger partial charge in [-0.05, 0) is 25.0 Å². The lowest BCUT2D eigenvalue weighted by molar-refractivity contribution is 0.0819. The molecule has 100 valence electrons. The Kier molecular flexibility index (Phi) is 5.65. The highest BCUT2D eigenvalue weighted by molar-refractivity contribution is 5.99. The maximum Gasteiger partial charge on any atom is 0.161 e. The topological polar surface area (TPSA) is 61.5 Å². The molecular weight excluding hydrogens is 230 g/mol. The molecule has 4 heteroatoms. The van der Waals surface area contributed by atoms with Gasteiger partial charge in [0.1, 0.15) is 12.4 Å². The predicted molar refractivity (Wildman–Crippen MR) is 72.0 cm³/mol. The Labute approximate surface area is 108 Å². The van der Waals surface area contributed by atoms with E-state index in [1.165, 1.54) is 6.92 Å². The van der Waals surface area contributed by atoms with Crippen LogP contribution in [0.5, 0.6) is 5.75 Å². The molecule has 0 unspecified atom stereocenters. The maximum absolute atomic E-state index is 11.2. The van der Waals surface area contributed by atoms with Crippen LogP contribution < -0.4 is 10.5 Å². The molecule has 0 radical (unpaired) electrons. The minimum atomic E-state index is -0.0423. The molecule has 0 aromatic heterocycles. The summed E-state index contributed by atoms with van der Waals surface area (Å²) in [4.78, 5) is 11.2. The largest absolute Gasteiger partial charge is 0.491 e. The fraction of sp³-hybridized carbons (Fsp3) is 0.500. The average Bonchev–Trinajstić information content (AvgIpc) is 2.27. The summed E-state index contributed by atoms with van der Waals surface area (Å²) < 4.78 is 10.9. The zero-order chi connectivity index (χ0) is 13.5. The molecule has 18 heavy (non-hydrogen) atoms. The Morgan fingerprint density at radius 3 is 2.61 bits per heavy atom. The van der Waals surface area contributed by atoms with Gasteiger partial charge in [0.15, 0.2) is 5.78 Å². The molecule has 0 saturated heterocycles. The van der Waals surface area contributed by atoms with Gasteiger partial charge in [-0.1, -0.05) is 13.8 Å². The van der Waals surface area contributed by atoms with Crippen LogP contribution in [0.2, 0.25) is 0 Å². The maximum atomic E-state index is 11.2. The number of rotatable bonds is 7. The van der Waals surface area contributed by atoms with Gasteiger partial charge in [-0.3, -0.25) is 4.79 Å². The van der Waals surface area contributed by atoms with Gasteiger partial charge in [0, 0.05) is 23.9 Å². The highest BCUT2D eigenvalue weighted by atomic mass is 16.5. The first-order valence-electron chi connectivity index (χ1n) is 6.11. The molecule has 0 fully saturated rings. The van der Waals surface area contributed by atoms with Crippen LogP contribution in [0.15, 0.2) is 18.2 Å². The summed E-state index contributed by atoms with van der Waals surface area (Å²) >= 11 is 0. The molecule has 0 amide bonds. The van der Waals surface area contributed by atoms with Gasteiger partial charge in [0.05, 0.1) is 6.61 Å². The number of ether oxygens (including phenoxy) is 2. The van der Waals surface area contributed by atoms with E-state index < -0.39 is 0 Å². The van der Waals surface area contributed by atoms with Crippen LogP contribution in [0.3, 0.4) is 0 Å². The van der Waals surface area contributed by atoms with Crippen molar-refractivity contribution in [2.24, 2.45) is 5.92 Å². The lowest BCUT2D eigenvalue weighted by Gasteiger charge is -2.10. The first-order chi connectivity index (χ1) is 8.50. The van der Waals surface area contributed by atoms with Crippen molar-refractivity contribution in [2.75, 3.05) is 25.6 Å². The lowest BCUT2D eigenvalue weighted by Crippen LogP contribution is -2.10. The highest BCUT2D eigenvalue weighted by Crippen LogP contribution is 2.20. The van der Waals surface area contributed by atoms with Gasteiger partial charge in [-0.2, -0.15) is 0 Å². The monoisotopic (exact) mass is 251 g/mol. The zero-order valence-corrected chi connectivity index (χ0v) is 11.2. The second-order valence-corrected chi connectivity index (χ2v) is 4.62. The quantitative estimate of drug-likeness (QED) is 0.459. The fourth-order valence-electron chi connectivity index (χ4n) is 1.49. The summed E-state index contributed by atoms with van der Waals surface area (Å²) in [5.74, 6) is 1.14. The van der Waals surface area contributed by atoms with E-state index in [0.29, 0.717) is 36.1 Å². The van der Waals surface area contributed by atoms with E-state index in [2.05, 4.69) is 13.8 Å². The average molecular weight is 251 g/mol. The van der Waals surface area contributed by atoms with Crippen molar-refractivity contribution in [3.63, 3.8) is 0 Å². The van der Waals surface area contributed by atoms with Crippen LogP contribution in [-0.4, -0.2) is 25.6 Å². The van der Waals surface area contributed by atoms with Crippen molar-refractivity contribution < 1.29 is 14.3 Å². The summed E-state index contributed by atoms with van der Waals surface area (Å²) in [5, 5.41) is 0. The standard InChI is InChI=1S/C14H21NO3/c1-10(2)9-17-6-7-18-12-4-5-13(11(3)16)14(15)8-12/h4-5,8,10H,6-7,9,15H2,1-3H3. The number of benzene rings is 1. The number of Topliss-reactive ketones (excluding diaryl/α,β-unsaturated/α-hetero) is 1. The molecule has 0 saturated carbocycles. The molecule has 1 aromatic carbocycles. The lowest BCUT2D eigenvalue weighted by atomic mass is 10.1. The van der Waals surface area contributed by atoms with Gasteiger partial charge in [-0.25, -0.2) is 0 Å². The summed E-state index contributed by atoms with van der Waals surface area (Å²) in [6.07, 6.45) is 0. The smallest absolute Gasteiger partial charge is 0.161 e. The van der Waals surface area contributed by atoms with Crippen LogP contribution >= 0.6 is 0 Å². The number of hydrogen-bond donors (Lipinski definition) is 1. The van der Waals surface area contributed by atoms with Crippen molar-refractivity contribution in [2.45, 2.75) is 20.8 Å². The van der Waals surface area contributed by atoms with Crippen LogP contribution in [0.4, 0.5) is 5.69 Å². The zero-order valence-electron chi connectivity index (χ0n) is 11.2. The Morgan fingerprint density at radius 1 is 1.33 bits per heavy atom. The van der Waals surface area contributed by atoms with Crippen molar-refractivity contribution >= 4 is 11.5 Å². The first-order valence-corrected chi connectivity index (χ1v) is 6.11. The summed E-state index contributed by atoms with van der Waals surface area (Å²) in [6.45, 7) is 7.45. The molecule has 2 N–H and O–H groups in total. The normalized spacial score (nSPS) is 10.7. The van der Waals surface area contributed by atoms with E-state index in [1.807, 2.05) is 0 Å². The summed E-state index contributed by atoms with van der Waals surface area (Å²) in [6, 6.07) is 5.09. The van der Waals surface area contributed by atoms with Gasteiger partial charge >= 0.3 is 0 Å². The van der Waals surface area contributed by atoms with Gasteiger partial charge in [-0.15, -0.1) is 0 Å². The van der Waals surface area contributed by atoms with Gasteiger partial charge < -0.3 is 15.2 Å². The van der Waals surface area contributed by atoms with E-state index in [4.69, 9.17) is 15.2 Å². The summed E-state index contributed by atoms with van der Waals surface area (Å²) in [7, 11) is 0. The third-order valence-electron chi connectivity index (χ3n) is 2.35. The van der Waals surface area contributed by atoms with Crippen molar-refractivity contribution in [1.82, 2.24) is 0 Å². The minimum absolute atomic E-state index is 0.0423. The number of hydrogen-bond acceptors (Lipinski definition) is 4. The molecule has 4 nitrogen and oxygen atoms in total. The predicted octanol–water partition coefficient (Wildman–Crippen LogP) is 2.52. The third kappa shape index (κ3) is 4.75. The van der Waals surface area contributed by atoms with Crippen LogP contribution in [0.25, 0.3) is 0 Å². The number of nitrogen functional groups attached to an aromatic ring is 1. The minimum Gasteiger partial charge on any atom is -0.491 e. The van der Waals surface area contributed by atoms with Crippen LogP contribution in [0.1, 0.15) is 31.1 Å². The Balaban J connectivity index is 2.39. The fourth-order valence-corrected chi connectivity index (χ4v) is 1.49. The number of carbonyl (C=O) groups excluding carboxylic acids is 1. The number of nitrogens with two attached hydrogens (primary N) is 1. The van der Waals surface area contributed by atoms with Gasteiger partial charge in [0.2, 0.25) is 0 Å². The SMILES string of the molecule is CC(=O)c1ccc(OCCOCC(C)C)cc1N. The Bertz CT molecular complexity index is 402. The van der Waals surface area contributed by atoms with E-state index in [9.17, 15) is 4.79 Å². The van der Waals surface area contributed by atoms with Crippen LogP contribution in [0, 0.1) is 5.92 Å². The molecule has 0 bridgehead atoms. The van der Waals surface area contributed by atoms with E-state index >= 15 is 0 Å². The molecule has 0 heterocycles. The molecule has 0 aliphatic heterocycles. The molecular formula is C14H21NO3. The van der Waals surface area contributed by atoms with E-state index in [1.54, 1.807) is 18.2 Å². The molecule has 0 aliphatic rings. The molecule has 1 rings (SSSR count). The van der Waals surface area contributed by atoms with E-state index in [0.717, 1.165) is 6.61 Å². The number of anilines is 1. The second-order valence-electron chi connectivity index (χ2n) is 4.62. The second kappa shape index (κ2) is 7.01. The molecule has 0 spiro atoms. The highest BCUT2D eigenvalue weighted by Gasteiger charge is 2.05. The molecule has 0 aliphatic carbocycles. The Morgan fingerprint density at radius 2 is 2.06 bits per heavy atom. The third-order valence-corrected chi connectivity index (χ3v) is 2.35.